The molecule has 0 radical (unpaired) electrons. The van der Waals surface area contributed by atoms with Crippen LogP contribution in [0, 0.1) is 5.92 Å². The summed E-state index contributed by atoms with van der Waals surface area (Å²) in [5, 5.41) is 0. The highest BCUT2D eigenvalue weighted by molar-refractivity contribution is 6.06. The second kappa shape index (κ2) is 6.58. The summed E-state index contributed by atoms with van der Waals surface area (Å²) in [5.41, 5.74) is 2.37. The molecule has 3 aliphatic rings. The molecule has 0 amide bonds. The first-order valence-electron chi connectivity index (χ1n) is 9.94. The second-order valence-corrected chi connectivity index (χ2v) is 8.08. The predicted octanol–water partition coefficient (Wildman–Crippen LogP) is 3.78. The maximum atomic E-state index is 13.5. The van der Waals surface area contributed by atoms with Crippen molar-refractivity contribution in [3.05, 3.63) is 41.0 Å². The molecule has 29 heavy (non-hydrogen) atoms. The Morgan fingerprint density at radius 2 is 1.79 bits per heavy atom. The van der Waals surface area contributed by atoms with Gasteiger partial charge in [-0.25, -0.2) is 0 Å². The Kier molecular flexibility index (Phi) is 4.12. The van der Waals surface area contributed by atoms with Crippen LogP contribution in [0.4, 0.5) is 0 Å². The van der Waals surface area contributed by atoms with Crippen LogP contribution in [0.5, 0.6) is 28.7 Å². The number of hydrogen-bond acceptors (Lipinski definition) is 6. The van der Waals surface area contributed by atoms with Crippen LogP contribution in [0.25, 0.3) is 0 Å². The smallest absolute Gasteiger partial charge is 0.178 e. The average molecular weight is 396 g/mol. The van der Waals surface area contributed by atoms with Crippen LogP contribution in [-0.2, 0) is 6.42 Å². The fraction of sp³-hybridized carbons (Fsp3) is 0.435. The van der Waals surface area contributed by atoms with Crippen LogP contribution in [-0.4, -0.2) is 38.8 Å². The van der Waals surface area contributed by atoms with Gasteiger partial charge in [0.15, 0.2) is 17.3 Å². The first kappa shape index (κ1) is 18.2. The summed E-state index contributed by atoms with van der Waals surface area (Å²) in [4.78, 5) is 13.5. The van der Waals surface area contributed by atoms with Gasteiger partial charge in [-0.05, 0) is 24.1 Å². The Hall–Kier alpha value is -2.89. The number of ketones is 1. The van der Waals surface area contributed by atoms with Crippen molar-refractivity contribution in [1.29, 1.82) is 0 Å². The van der Waals surface area contributed by atoms with E-state index in [9.17, 15) is 4.79 Å². The van der Waals surface area contributed by atoms with Crippen LogP contribution in [0.15, 0.2) is 24.3 Å². The number of carbonyl (C=O) groups excluding carboxylic acids is 1. The normalized spacial score (nSPS) is 23.8. The molecule has 2 aromatic carbocycles. The van der Waals surface area contributed by atoms with Crippen molar-refractivity contribution in [2.45, 2.75) is 38.4 Å². The molecule has 0 bridgehead atoms. The molecule has 6 heteroatoms. The molecule has 0 N–H and O–H groups in total. The number of ether oxygens (including phenoxy) is 5. The summed E-state index contributed by atoms with van der Waals surface area (Å²) in [6, 6.07) is 7.32. The van der Waals surface area contributed by atoms with Crippen LogP contribution < -0.4 is 23.7 Å². The summed E-state index contributed by atoms with van der Waals surface area (Å²) in [6.45, 7) is 4.58. The highest BCUT2D eigenvalue weighted by Gasteiger charge is 2.45. The van der Waals surface area contributed by atoms with Gasteiger partial charge in [0.1, 0.15) is 36.1 Å². The van der Waals surface area contributed by atoms with Crippen molar-refractivity contribution in [1.82, 2.24) is 0 Å². The van der Waals surface area contributed by atoms with Gasteiger partial charge in [0.2, 0.25) is 0 Å². The topological polar surface area (TPSA) is 63.2 Å². The lowest BCUT2D eigenvalue weighted by Crippen LogP contribution is -2.43. The fourth-order valence-corrected chi connectivity index (χ4v) is 4.46. The molecular weight excluding hydrogens is 372 g/mol. The summed E-state index contributed by atoms with van der Waals surface area (Å²) in [5.74, 6) is 3.24. The van der Waals surface area contributed by atoms with E-state index < -0.39 is 5.92 Å². The van der Waals surface area contributed by atoms with Crippen molar-refractivity contribution in [2.24, 2.45) is 5.92 Å². The minimum absolute atomic E-state index is 0.0452. The van der Waals surface area contributed by atoms with Crippen molar-refractivity contribution >= 4 is 5.78 Å². The van der Waals surface area contributed by atoms with Gasteiger partial charge in [-0.1, -0.05) is 13.8 Å². The quantitative estimate of drug-likeness (QED) is 0.787. The van der Waals surface area contributed by atoms with Crippen molar-refractivity contribution in [3.8, 4) is 28.7 Å². The van der Waals surface area contributed by atoms with E-state index in [1.165, 1.54) is 0 Å². The van der Waals surface area contributed by atoms with Gasteiger partial charge in [-0.3, -0.25) is 4.79 Å². The Balaban J connectivity index is 1.57. The lowest BCUT2D eigenvalue weighted by Gasteiger charge is -2.37. The van der Waals surface area contributed by atoms with Crippen molar-refractivity contribution in [3.63, 3.8) is 0 Å². The highest BCUT2D eigenvalue weighted by Crippen LogP contribution is 2.49. The van der Waals surface area contributed by atoms with E-state index in [4.69, 9.17) is 23.7 Å². The first-order valence-corrected chi connectivity index (χ1v) is 9.94. The van der Waals surface area contributed by atoms with Crippen LogP contribution in [0.1, 0.15) is 41.3 Å². The van der Waals surface area contributed by atoms with Gasteiger partial charge >= 0.3 is 0 Å². The zero-order valence-electron chi connectivity index (χ0n) is 17.0. The van der Waals surface area contributed by atoms with E-state index >= 15 is 0 Å². The van der Waals surface area contributed by atoms with Gasteiger partial charge in [0.05, 0.1) is 25.7 Å². The molecule has 3 atom stereocenters. The molecule has 0 unspecified atom stereocenters. The third-order valence-corrected chi connectivity index (χ3v) is 6.09. The van der Waals surface area contributed by atoms with E-state index in [0.29, 0.717) is 41.1 Å². The summed E-state index contributed by atoms with van der Waals surface area (Å²) in [7, 11) is 3.16. The maximum absolute atomic E-state index is 13.5. The largest absolute Gasteiger partial charge is 0.493 e. The number of benzene rings is 2. The second-order valence-electron chi connectivity index (χ2n) is 8.08. The number of methoxy groups -OCH3 is 2. The standard InChI is InChI=1S/C23H24O6/c1-11(2)16-8-14-15(28-16)6-5-12-22(24)21-13-7-18(25-3)19(26-4)9-17(13)27-10-20(21)29-23(12)14/h5-7,9,11,16,20-21H,8,10H2,1-4H3/t16-,20-,21+/m0/s1. The van der Waals surface area contributed by atoms with Crippen LogP contribution in [0.2, 0.25) is 0 Å². The minimum atomic E-state index is -0.438. The van der Waals surface area contributed by atoms with Crippen molar-refractivity contribution < 1.29 is 28.5 Å². The van der Waals surface area contributed by atoms with Gasteiger partial charge in [-0.2, -0.15) is 0 Å². The van der Waals surface area contributed by atoms with Crippen LogP contribution in [0.3, 0.4) is 0 Å². The summed E-state index contributed by atoms with van der Waals surface area (Å²) >= 11 is 0. The summed E-state index contributed by atoms with van der Waals surface area (Å²) in [6.07, 6.45) is 0.474. The number of fused-ring (bicyclic) bond motifs is 6. The molecular formula is C23H24O6. The van der Waals surface area contributed by atoms with Gasteiger partial charge in [-0.15, -0.1) is 0 Å². The highest BCUT2D eigenvalue weighted by atomic mass is 16.5. The van der Waals surface area contributed by atoms with E-state index in [1.54, 1.807) is 20.3 Å². The average Bonchev–Trinajstić information content (AvgIpc) is 3.17. The van der Waals surface area contributed by atoms with Crippen molar-refractivity contribution in [2.75, 3.05) is 20.8 Å². The zero-order valence-corrected chi connectivity index (χ0v) is 17.0. The van der Waals surface area contributed by atoms with E-state index in [2.05, 4.69) is 13.8 Å². The Morgan fingerprint density at radius 3 is 2.52 bits per heavy atom. The molecule has 0 saturated carbocycles. The SMILES string of the molecule is COc1cc2c(cc1OC)[C@H]1C(=O)c3ccc4c(c3O[C@H]1CO2)C[C@@H](C(C)C)O4. The lowest BCUT2D eigenvalue weighted by molar-refractivity contribution is 0.0554. The van der Waals surface area contributed by atoms with E-state index in [-0.39, 0.29) is 18.0 Å². The number of hydrogen-bond donors (Lipinski definition) is 0. The van der Waals surface area contributed by atoms with Gasteiger partial charge < -0.3 is 23.7 Å². The number of rotatable bonds is 3. The minimum Gasteiger partial charge on any atom is -0.493 e. The molecule has 0 saturated heterocycles. The molecule has 0 spiro atoms. The zero-order chi connectivity index (χ0) is 20.3. The maximum Gasteiger partial charge on any atom is 0.178 e. The number of carbonyl (C=O) groups is 1. The van der Waals surface area contributed by atoms with Gasteiger partial charge in [0, 0.05) is 23.6 Å². The molecule has 0 aliphatic carbocycles. The third kappa shape index (κ3) is 2.65. The summed E-state index contributed by atoms with van der Waals surface area (Å²) < 4.78 is 29.2. The fourth-order valence-electron chi connectivity index (χ4n) is 4.46. The predicted molar refractivity (Wildman–Crippen MR) is 106 cm³/mol. The molecule has 5 rings (SSSR count). The molecule has 6 nitrogen and oxygen atoms in total. The third-order valence-electron chi connectivity index (χ3n) is 6.09. The molecule has 2 aromatic rings. The molecule has 0 fully saturated rings. The first-order chi connectivity index (χ1) is 14.0. The van der Waals surface area contributed by atoms with Crippen LogP contribution >= 0.6 is 0 Å². The Bertz CT molecular complexity index is 995. The van der Waals surface area contributed by atoms with E-state index in [1.807, 2.05) is 18.2 Å². The van der Waals surface area contributed by atoms with Gasteiger partial charge in [0.25, 0.3) is 0 Å². The van der Waals surface area contributed by atoms with E-state index in [0.717, 1.165) is 23.3 Å². The molecule has 0 aromatic heterocycles. The lowest BCUT2D eigenvalue weighted by atomic mass is 9.81. The molecule has 3 heterocycles. The molecule has 3 aliphatic heterocycles. The Labute approximate surface area is 169 Å². The Morgan fingerprint density at radius 1 is 1.03 bits per heavy atom. The molecule has 152 valence electrons. The monoisotopic (exact) mass is 396 g/mol. The number of Topliss-reactive ketones (excluding diaryl/α,β-unsaturated/α-hetero) is 1.